The summed E-state index contributed by atoms with van der Waals surface area (Å²) in [6, 6.07) is 3.07. The van der Waals surface area contributed by atoms with Crippen molar-refractivity contribution in [3.05, 3.63) is 36.9 Å². The fourth-order valence-electron chi connectivity index (χ4n) is 2.44. The Bertz CT molecular complexity index is 995. The molecule has 0 atom stereocenters. The zero-order valence-electron chi connectivity index (χ0n) is 14.3. The molecule has 9 heteroatoms. The number of rotatable bonds is 5. The van der Waals surface area contributed by atoms with Gasteiger partial charge >= 0.3 is 0 Å². The number of aromatic nitrogens is 3. The molecule has 0 aliphatic rings. The fourth-order valence-corrected chi connectivity index (χ4v) is 3.50. The zero-order valence-corrected chi connectivity index (χ0v) is 15.1. The first kappa shape index (κ1) is 17.2. The van der Waals surface area contributed by atoms with E-state index >= 15 is 0 Å². The average molecular weight is 362 g/mol. The highest BCUT2D eigenvalue weighted by atomic mass is 32.2. The van der Waals surface area contributed by atoms with Crippen LogP contribution in [0.1, 0.15) is 0 Å². The third-order valence-corrected chi connectivity index (χ3v) is 5.62. The summed E-state index contributed by atoms with van der Waals surface area (Å²) in [7, 11) is 2.16. The number of fused-ring (bicyclic) bond motifs is 1. The second kappa shape index (κ2) is 6.34. The van der Waals surface area contributed by atoms with Crippen LogP contribution in [-0.2, 0) is 10.0 Å². The number of ether oxygens (including phenoxy) is 2. The van der Waals surface area contributed by atoms with Crippen molar-refractivity contribution >= 4 is 15.7 Å². The Balaban J connectivity index is 2.28. The molecule has 0 aliphatic heterocycles. The van der Waals surface area contributed by atoms with E-state index in [-0.39, 0.29) is 10.6 Å². The molecule has 0 unspecified atom stereocenters. The molecule has 0 amide bonds. The van der Waals surface area contributed by atoms with Crippen molar-refractivity contribution in [1.82, 2.24) is 18.7 Å². The van der Waals surface area contributed by atoms with Gasteiger partial charge in [0, 0.05) is 44.3 Å². The van der Waals surface area contributed by atoms with E-state index in [1.807, 2.05) is 0 Å². The minimum absolute atomic E-state index is 0.0472. The Labute approximate surface area is 145 Å². The van der Waals surface area contributed by atoms with Gasteiger partial charge in [-0.2, -0.15) is 0 Å². The molecule has 1 aromatic carbocycles. The zero-order chi connectivity index (χ0) is 18.2. The summed E-state index contributed by atoms with van der Waals surface area (Å²) in [5, 5.41) is 0. The minimum Gasteiger partial charge on any atom is -0.496 e. The maximum Gasteiger partial charge on any atom is 0.246 e. The largest absolute Gasteiger partial charge is 0.496 e. The molecule has 132 valence electrons. The SMILES string of the molecule is COc1cc(OC)c(S(=O)(=O)N(C)C)cc1-c1cn2ccncc2n1. The number of benzene rings is 1. The number of nitrogens with zero attached hydrogens (tertiary/aromatic N) is 4. The summed E-state index contributed by atoms with van der Waals surface area (Å²) in [6.07, 6.45) is 6.81. The van der Waals surface area contributed by atoms with E-state index in [0.717, 1.165) is 4.31 Å². The summed E-state index contributed by atoms with van der Waals surface area (Å²) >= 11 is 0. The molecule has 2 aromatic heterocycles. The second-order valence-electron chi connectivity index (χ2n) is 5.46. The van der Waals surface area contributed by atoms with Gasteiger partial charge in [0.25, 0.3) is 0 Å². The third kappa shape index (κ3) is 2.92. The molecule has 2 heterocycles. The van der Waals surface area contributed by atoms with Crippen molar-refractivity contribution < 1.29 is 17.9 Å². The van der Waals surface area contributed by atoms with Crippen molar-refractivity contribution in [2.75, 3.05) is 28.3 Å². The number of methoxy groups -OCH3 is 2. The molecule has 3 aromatic rings. The number of sulfonamides is 1. The van der Waals surface area contributed by atoms with Crippen LogP contribution in [0, 0.1) is 0 Å². The van der Waals surface area contributed by atoms with E-state index in [9.17, 15) is 8.42 Å². The van der Waals surface area contributed by atoms with E-state index in [4.69, 9.17) is 9.47 Å². The van der Waals surface area contributed by atoms with Crippen LogP contribution in [-0.4, -0.2) is 55.4 Å². The summed E-state index contributed by atoms with van der Waals surface area (Å²) in [4.78, 5) is 8.57. The third-order valence-electron chi connectivity index (χ3n) is 3.78. The maximum atomic E-state index is 12.6. The van der Waals surface area contributed by atoms with Crippen molar-refractivity contribution in [3.63, 3.8) is 0 Å². The van der Waals surface area contributed by atoms with E-state index in [2.05, 4.69) is 9.97 Å². The van der Waals surface area contributed by atoms with Crippen LogP contribution in [0.4, 0.5) is 0 Å². The van der Waals surface area contributed by atoms with Crippen LogP contribution in [0.15, 0.2) is 41.8 Å². The Morgan fingerprint density at radius 3 is 2.44 bits per heavy atom. The normalized spacial score (nSPS) is 11.9. The van der Waals surface area contributed by atoms with E-state index in [1.165, 1.54) is 34.4 Å². The van der Waals surface area contributed by atoms with Gasteiger partial charge in [-0.1, -0.05) is 0 Å². The molecule has 0 saturated carbocycles. The van der Waals surface area contributed by atoms with Gasteiger partial charge < -0.3 is 13.9 Å². The van der Waals surface area contributed by atoms with E-state index < -0.39 is 10.0 Å². The summed E-state index contributed by atoms with van der Waals surface area (Å²) < 4.78 is 38.9. The van der Waals surface area contributed by atoms with Gasteiger partial charge in [-0.25, -0.2) is 17.7 Å². The number of hydrogen-bond donors (Lipinski definition) is 0. The minimum atomic E-state index is -3.70. The first-order valence-electron chi connectivity index (χ1n) is 7.36. The van der Waals surface area contributed by atoms with Crippen LogP contribution in [0.5, 0.6) is 11.5 Å². The van der Waals surface area contributed by atoms with Gasteiger partial charge in [0.2, 0.25) is 10.0 Å². The topological polar surface area (TPSA) is 86.0 Å². The quantitative estimate of drug-likeness (QED) is 0.686. The molecule has 0 aliphatic carbocycles. The molecule has 0 saturated heterocycles. The van der Waals surface area contributed by atoms with Gasteiger partial charge in [-0.05, 0) is 6.07 Å². The highest BCUT2D eigenvalue weighted by Crippen LogP contribution is 2.38. The fraction of sp³-hybridized carbons (Fsp3) is 0.250. The summed E-state index contributed by atoms with van der Waals surface area (Å²) in [5.74, 6) is 0.672. The summed E-state index contributed by atoms with van der Waals surface area (Å²) in [6.45, 7) is 0. The predicted octanol–water partition coefficient (Wildman–Crippen LogP) is 1.66. The van der Waals surface area contributed by atoms with Gasteiger partial charge in [0.05, 0.1) is 26.1 Å². The molecule has 0 N–H and O–H groups in total. The monoisotopic (exact) mass is 362 g/mol. The van der Waals surface area contributed by atoms with Crippen LogP contribution in [0.25, 0.3) is 16.9 Å². The molecule has 0 radical (unpaired) electrons. The van der Waals surface area contributed by atoms with Crippen molar-refractivity contribution in [2.24, 2.45) is 0 Å². The van der Waals surface area contributed by atoms with Crippen LogP contribution < -0.4 is 9.47 Å². The lowest BCUT2D eigenvalue weighted by Gasteiger charge is -2.17. The first-order chi connectivity index (χ1) is 11.9. The Morgan fingerprint density at radius 1 is 1.12 bits per heavy atom. The number of imidazole rings is 1. The van der Waals surface area contributed by atoms with Crippen molar-refractivity contribution in [3.8, 4) is 22.8 Å². The maximum absolute atomic E-state index is 12.6. The van der Waals surface area contributed by atoms with Crippen LogP contribution in [0.2, 0.25) is 0 Å². The molecule has 8 nitrogen and oxygen atoms in total. The van der Waals surface area contributed by atoms with Crippen LogP contribution in [0.3, 0.4) is 0 Å². The van der Waals surface area contributed by atoms with Crippen LogP contribution >= 0.6 is 0 Å². The van der Waals surface area contributed by atoms with Gasteiger partial charge in [-0.3, -0.25) is 4.98 Å². The molecular weight excluding hydrogens is 344 g/mol. The van der Waals surface area contributed by atoms with Gasteiger partial charge in [0.1, 0.15) is 16.4 Å². The Morgan fingerprint density at radius 2 is 1.84 bits per heavy atom. The van der Waals surface area contributed by atoms with E-state index in [1.54, 1.807) is 35.3 Å². The molecule has 0 spiro atoms. The first-order valence-corrected chi connectivity index (χ1v) is 8.80. The highest BCUT2D eigenvalue weighted by molar-refractivity contribution is 7.89. The lowest BCUT2D eigenvalue weighted by Crippen LogP contribution is -2.23. The predicted molar refractivity (Wildman–Crippen MR) is 92.4 cm³/mol. The molecular formula is C16H18N4O4S. The molecule has 0 bridgehead atoms. The molecule has 25 heavy (non-hydrogen) atoms. The average Bonchev–Trinajstić information content (AvgIpc) is 3.04. The van der Waals surface area contributed by atoms with E-state index in [0.29, 0.717) is 22.7 Å². The Hall–Kier alpha value is -2.65. The van der Waals surface area contributed by atoms with Gasteiger partial charge in [-0.15, -0.1) is 0 Å². The summed E-state index contributed by atoms with van der Waals surface area (Å²) in [5.41, 5.74) is 1.77. The van der Waals surface area contributed by atoms with Crippen molar-refractivity contribution in [2.45, 2.75) is 4.90 Å². The second-order valence-corrected chi connectivity index (χ2v) is 7.58. The molecule has 0 fully saturated rings. The lowest BCUT2D eigenvalue weighted by atomic mass is 10.1. The highest BCUT2D eigenvalue weighted by Gasteiger charge is 2.25. The molecule has 3 rings (SSSR count). The Kier molecular flexibility index (Phi) is 4.36. The number of hydrogen-bond acceptors (Lipinski definition) is 6. The standard InChI is InChI=1S/C16H18N4O4S/c1-19(2)25(21,22)15-7-11(13(23-3)8-14(15)24-4)12-10-20-6-5-17-9-16(20)18-12/h5-10H,1-4H3. The van der Waals surface area contributed by atoms with Gasteiger partial charge in [0.15, 0.2) is 5.65 Å². The smallest absolute Gasteiger partial charge is 0.246 e. The van der Waals surface area contributed by atoms with Crippen molar-refractivity contribution in [1.29, 1.82) is 0 Å². The lowest BCUT2D eigenvalue weighted by molar-refractivity contribution is 0.385.